The van der Waals surface area contributed by atoms with E-state index in [1.807, 2.05) is 0 Å². The van der Waals surface area contributed by atoms with Gasteiger partial charge in [0.1, 0.15) is 6.54 Å². The number of benzene rings is 1. The number of carbonyl (C=O) groups is 4. The highest BCUT2D eigenvalue weighted by molar-refractivity contribution is 6.45. The molecule has 0 saturated carbocycles. The van der Waals surface area contributed by atoms with Crippen LogP contribution in [0.2, 0.25) is 5.02 Å². The van der Waals surface area contributed by atoms with E-state index in [4.69, 9.17) is 11.6 Å². The molecule has 7 nitrogen and oxygen atoms in total. The zero-order valence-electron chi connectivity index (χ0n) is 11.7. The molecule has 1 aromatic rings. The number of rotatable bonds is 5. The second-order valence-electron chi connectivity index (χ2n) is 4.46. The van der Waals surface area contributed by atoms with Gasteiger partial charge in [-0.15, -0.1) is 0 Å². The summed E-state index contributed by atoms with van der Waals surface area (Å²) >= 11 is 5.97. The van der Waals surface area contributed by atoms with Crippen LogP contribution in [0.15, 0.2) is 24.3 Å². The second kappa shape index (κ2) is 6.57. The Labute approximate surface area is 131 Å². The van der Waals surface area contributed by atoms with E-state index in [0.29, 0.717) is 15.5 Å². The fourth-order valence-corrected chi connectivity index (χ4v) is 2.16. The first-order valence-corrected chi connectivity index (χ1v) is 6.89. The molecule has 1 heterocycles. The number of esters is 1. The predicted molar refractivity (Wildman–Crippen MR) is 75.7 cm³/mol. The zero-order chi connectivity index (χ0) is 16.3. The largest absolute Gasteiger partial charge is 0.465 e. The van der Waals surface area contributed by atoms with E-state index >= 15 is 0 Å². The van der Waals surface area contributed by atoms with Gasteiger partial charge in [-0.3, -0.25) is 19.3 Å². The fourth-order valence-electron chi connectivity index (χ4n) is 1.96. The van der Waals surface area contributed by atoms with Crippen LogP contribution in [0.3, 0.4) is 0 Å². The fraction of sp³-hybridized carbons (Fsp3) is 0.286. The summed E-state index contributed by atoms with van der Waals surface area (Å²) in [5, 5.41) is 0.374. The average Bonchev–Trinajstić information content (AvgIpc) is 2.67. The molecule has 0 aromatic heterocycles. The minimum absolute atomic E-state index is 0.117. The summed E-state index contributed by atoms with van der Waals surface area (Å²) in [6.45, 7) is 0.991. The zero-order valence-corrected chi connectivity index (χ0v) is 12.5. The van der Waals surface area contributed by atoms with Gasteiger partial charge in [-0.1, -0.05) is 29.8 Å². The Morgan fingerprint density at radius 3 is 2.41 bits per heavy atom. The molecule has 1 aliphatic heterocycles. The van der Waals surface area contributed by atoms with Crippen molar-refractivity contribution in [2.45, 2.75) is 13.5 Å². The van der Waals surface area contributed by atoms with Crippen LogP contribution in [0.25, 0.3) is 0 Å². The van der Waals surface area contributed by atoms with E-state index in [1.54, 1.807) is 31.2 Å². The van der Waals surface area contributed by atoms with Crippen molar-refractivity contribution < 1.29 is 23.9 Å². The number of hydrogen-bond acceptors (Lipinski definition) is 5. The van der Waals surface area contributed by atoms with Gasteiger partial charge in [0.2, 0.25) is 0 Å². The van der Waals surface area contributed by atoms with Gasteiger partial charge in [-0.2, -0.15) is 0 Å². The van der Waals surface area contributed by atoms with Crippen molar-refractivity contribution in [2.24, 2.45) is 0 Å². The van der Waals surface area contributed by atoms with Crippen LogP contribution in [0, 0.1) is 0 Å². The molecule has 0 aliphatic carbocycles. The Morgan fingerprint density at radius 2 is 1.77 bits per heavy atom. The first-order chi connectivity index (χ1) is 10.5. The molecule has 0 N–H and O–H groups in total. The average molecular weight is 325 g/mol. The number of urea groups is 1. The van der Waals surface area contributed by atoms with E-state index in [2.05, 4.69) is 4.74 Å². The Bertz CT molecular complexity index is 646. The van der Waals surface area contributed by atoms with Gasteiger partial charge in [-0.25, -0.2) is 9.69 Å². The Kier molecular flexibility index (Phi) is 4.77. The number of halogens is 1. The summed E-state index contributed by atoms with van der Waals surface area (Å²) in [5.41, 5.74) is 0.525. The highest BCUT2D eigenvalue weighted by atomic mass is 35.5. The second-order valence-corrected chi connectivity index (χ2v) is 4.87. The molecule has 1 aliphatic rings. The molecular formula is C14H13ClN2O5. The van der Waals surface area contributed by atoms with Crippen LogP contribution in [-0.4, -0.2) is 46.8 Å². The third kappa shape index (κ3) is 3.09. The first-order valence-electron chi connectivity index (χ1n) is 6.52. The van der Waals surface area contributed by atoms with Gasteiger partial charge < -0.3 is 4.74 Å². The highest BCUT2D eigenvalue weighted by Crippen LogP contribution is 2.21. The monoisotopic (exact) mass is 324 g/mol. The molecular weight excluding hydrogens is 312 g/mol. The van der Waals surface area contributed by atoms with Crippen molar-refractivity contribution in [1.29, 1.82) is 0 Å². The van der Waals surface area contributed by atoms with Gasteiger partial charge in [0.25, 0.3) is 0 Å². The van der Waals surface area contributed by atoms with Crippen molar-refractivity contribution in [3.8, 4) is 0 Å². The molecule has 8 heteroatoms. The molecule has 0 atom stereocenters. The SMILES string of the molecule is CCOC(=O)CN1C(=O)C(=O)N(Cc2ccccc2Cl)C1=O. The number of hydrogen-bond donors (Lipinski definition) is 0. The highest BCUT2D eigenvalue weighted by Gasteiger charge is 2.45. The predicted octanol–water partition coefficient (Wildman–Crippen LogP) is 1.19. The van der Waals surface area contributed by atoms with Crippen LogP contribution in [0.4, 0.5) is 4.79 Å². The van der Waals surface area contributed by atoms with E-state index in [0.717, 1.165) is 4.90 Å². The minimum atomic E-state index is -1.05. The molecule has 0 spiro atoms. The number of ether oxygens (including phenoxy) is 1. The van der Waals surface area contributed by atoms with Crippen LogP contribution < -0.4 is 0 Å². The maximum atomic E-state index is 12.1. The lowest BCUT2D eigenvalue weighted by atomic mass is 10.2. The van der Waals surface area contributed by atoms with Crippen LogP contribution in [0.5, 0.6) is 0 Å². The summed E-state index contributed by atoms with van der Waals surface area (Å²) in [4.78, 5) is 48.6. The summed E-state index contributed by atoms with van der Waals surface area (Å²) in [5.74, 6) is -2.80. The third-order valence-electron chi connectivity index (χ3n) is 3.01. The summed E-state index contributed by atoms with van der Waals surface area (Å²) < 4.78 is 4.67. The normalized spacial score (nSPS) is 14.7. The summed E-state index contributed by atoms with van der Waals surface area (Å²) in [6, 6.07) is 5.80. The van der Waals surface area contributed by atoms with Crippen LogP contribution >= 0.6 is 11.6 Å². The Morgan fingerprint density at radius 1 is 1.14 bits per heavy atom. The molecule has 0 unspecified atom stereocenters. The number of nitrogens with zero attached hydrogens (tertiary/aromatic N) is 2. The Balaban J connectivity index is 2.15. The maximum absolute atomic E-state index is 12.1. The van der Waals surface area contributed by atoms with Gasteiger partial charge in [0.15, 0.2) is 0 Å². The van der Waals surface area contributed by atoms with Crippen molar-refractivity contribution in [3.63, 3.8) is 0 Å². The minimum Gasteiger partial charge on any atom is -0.465 e. The number of imide groups is 2. The lowest BCUT2D eigenvalue weighted by Crippen LogP contribution is -2.37. The van der Waals surface area contributed by atoms with Crippen LogP contribution in [-0.2, 0) is 25.7 Å². The molecule has 116 valence electrons. The van der Waals surface area contributed by atoms with Crippen molar-refractivity contribution in [2.75, 3.05) is 13.2 Å². The molecule has 0 bridgehead atoms. The van der Waals surface area contributed by atoms with Gasteiger partial charge in [-0.05, 0) is 18.6 Å². The summed E-state index contributed by atoms with van der Waals surface area (Å²) in [6.07, 6.45) is 0. The van der Waals surface area contributed by atoms with E-state index in [-0.39, 0.29) is 13.2 Å². The summed E-state index contributed by atoms with van der Waals surface area (Å²) in [7, 11) is 0. The molecule has 22 heavy (non-hydrogen) atoms. The van der Waals surface area contributed by atoms with Crippen LogP contribution in [0.1, 0.15) is 12.5 Å². The third-order valence-corrected chi connectivity index (χ3v) is 3.38. The standard InChI is InChI=1S/C14H13ClN2O5/c1-2-22-11(18)8-17-13(20)12(19)16(14(17)21)7-9-5-3-4-6-10(9)15/h3-6H,2,7-8H2,1H3. The van der Waals surface area contributed by atoms with Gasteiger partial charge in [0, 0.05) is 5.02 Å². The molecule has 1 saturated heterocycles. The van der Waals surface area contributed by atoms with Crippen molar-refractivity contribution in [3.05, 3.63) is 34.9 Å². The van der Waals surface area contributed by atoms with Crippen molar-refractivity contribution in [1.82, 2.24) is 9.80 Å². The van der Waals surface area contributed by atoms with E-state index in [9.17, 15) is 19.2 Å². The smallest absolute Gasteiger partial charge is 0.335 e. The molecule has 4 amide bonds. The quantitative estimate of drug-likeness (QED) is 0.461. The number of carbonyl (C=O) groups excluding carboxylic acids is 4. The maximum Gasteiger partial charge on any atom is 0.335 e. The van der Waals surface area contributed by atoms with Crippen molar-refractivity contribution >= 4 is 35.4 Å². The van der Waals surface area contributed by atoms with Gasteiger partial charge >= 0.3 is 23.8 Å². The van der Waals surface area contributed by atoms with E-state index in [1.165, 1.54) is 0 Å². The number of amides is 4. The molecule has 0 radical (unpaired) electrons. The molecule has 2 rings (SSSR count). The Hall–Kier alpha value is -2.41. The first kappa shape index (κ1) is 16.0. The molecule has 1 fully saturated rings. The van der Waals surface area contributed by atoms with E-state index < -0.39 is 30.4 Å². The topological polar surface area (TPSA) is 84.0 Å². The lowest BCUT2D eigenvalue weighted by molar-refractivity contribution is -0.148. The van der Waals surface area contributed by atoms with Gasteiger partial charge in [0.05, 0.1) is 13.2 Å². The molecule has 1 aromatic carbocycles. The lowest BCUT2D eigenvalue weighted by Gasteiger charge is -2.15.